The fourth-order valence-electron chi connectivity index (χ4n) is 2.60. The third-order valence-electron chi connectivity index (χ3n) is 3.60. The van der Waals surface area contributed by atoms with Crippen molar-refractivity contribution in [3.63, 3.8) is 0 Å². The molecule has 118 valence electrons. The first-order valence-corrected chi connectivity index (χ1v) is 7.80. The van der Waals surface area contributed by atoms with E-state index in [1.807, 2.05) is 51.1 Å². The lowest BCUT2D eigenvalue weighted by Crippen LogP contribution is -2.26. The molecule has 23 heavy (non-hydrogen) atoms. The van der Waals surface area contributed by atoms with Crippen LogP contribution in [0.15, 0.2) is 60.8 Å². The lowest BCUT2D eigenvalue weighted by atomic mass is 10.0. The Hall–Kier alpha value is -2.55. The molecule has 0 saturated carbocycles. The molecule has 0 unspecified atom stereocenters. The minimum absolute atomic E-state index is 0.344. The molecule has 0 spiro atoms. The first kappa shape index (κ1) is 15.3. The van der Waals surface area contributed by atoms with E-state index in [4.69, 9.17) is 4.74 Å². The zero-order valence-corrected chi connectivity index (χ0v) is 13.7. The van der Waals surface area contributed by atoms with Gasteiger partial charge >= 0.3 is 6.09 Å². The SMILES string of the molecule is CC(C)(C)OC(=O)n1ccc2cc(Cc3ccccc3)ccc21. The zero-order chi connectivity index (χ0) is 16.4. The summed E-state index contributed by atoms with van der Waals surface area (Å²) in [7, 11) is 0. The first-order valence-electron chi connectivity index (χ1n) is 7.80. The molecule has 0 amide bonds. The van der Waals surface area contributed by atoms with Crippen LogP contribution >= 0.6 is 0 Å². The van der Waals surface area contributed by atoms with Crippen molar-refractivity contribution in [2.45, 2.75) is 32.8 Å². The van der Waals surface area contributed by atoms with E-state index in [0.717, 1.165) is 17.3 Å². The van der Waals surface area contributed by atoms with Crippen molar-refractivity contribution in [3.05, 3.63) is 71.9 Å². The number of hydrogen-bond acceptors (Lipinski definition) is 2. The minimum Gasteiger partial charge on any atom is -0.443 e. The van der Waals surface area contributed by atoms with Crippen molar-refractivity contribution in [1.82, 2.24) is 4.57 Å². The Morgan fingerprint density at radius 1 is 1.00 bits per heavy atom. The summed E-state index contributed by atoms with van der Waals surface area (Å²) in [5, 5.41) is 1.05. The normalized spacial score (nSPS) is 11.6. The second-order valence-electron chi connectivity index (χ2n) is 6.72. The number of hydrogen-bond donors (Lipinski definition) is 0. The van der Waals surface area contributed by atoms with E-state index in [9.17, 15) is 4.79 Å². The highest BCUT2D eigenvalue weighted by Crippen LogP contribution is 2.21. The smallest absolute Gasteiger partial charge is 0.418 e. The number of rotatable bonds is 2. The monoisotopic (exact) mass is 307 g/mol. The van der Waals surface area contributed by atoms with Gasteiger partial charge in [0.1, 0.15) is 5.60 Å². The topological polar surface area (TPSA) is 31.2 Å². The van der Waals surface area contributed by atoms with Gasteiger partial charge in [0, 0.05) is 11.6 Å². The van der Waals surface area contributed by atoms with Crippen LogP contribution in [0.1, 0.15) is 31.9 Å². The maximum absolute atomic E-state index is 12.3. The van der Waals surface area contributed by atoms with Crippen molar-refractivity contribution in [3.8, 4) is 0 Å². The van der Waals surface area contributed by atoms with Gasteiger partial charge in [-0.2, -0.15) is 0 Å². The van der Waals surface area contributed by atoms with Crippen LogP contribution in [-0.4, -0.2) is 16.3 Å². The van der Waals surface area contributed by atoms with E-state index in [1.165, 1.54) is 11.1 Å². The molecule has 0 atom stereocenters. The van der Waals surface area contributed by atoms with Crippen molar-refractivity contribution in [2.75, 3.05) is 0 Å². The van der Waals surface area contributed by atoms with Crippen LogP contribution in [0.4, 0.5) is 4.79 Å². The average Bonchev–Trinajstić information content (AvgIpc) is 2.90. The molecular weight excluding hydrogens is 286 g/mol. The predicted octanol–water partition coefficient (Wildman–Crippen LogP) is 5.02. The summed E-state index contributed by atoms with van der Waals surface area (Å²) in [5.74, 6) is 0. The number of benzene rings is 2. The highest BCUT2D eigenvalue weighted by molar-refractivity contribution is 5.90. The summed E-state index contributed by atoms with van der Waals surface area (Å²) >= 11 is 0. The summed E-state index contributed by atoms with van der Waals surface area (Å²) < 4.78 is 7.00. The highest BCUT2D eigenvalue weighted by Gasteiger charge is 2.18. The van der Waals surface area contributed by atoms with Crippen molar-refractivity contribution in [2.24, 2.45) is 0 Å². The van der Waals surface area contributed by atoms with Gasteiger partial charge < -0.3 is 4.74 Å². The Morgan fingerprint density at radius 3 is 2.43 bits per heavy atom. The molecule has 3 rings (SSSR count). The van der Waals surface area contributed by atoms with Crippen molar-refractivity contribution >= 4 is 17.0 Å². The average molecular weight is 307 g/mol. The van der Waals surface area contributed by atoms with Gasteiger partial charge in [-0.05, 0) is 56.5 Å². The molecule has 3 aromatic rings. The number of fused-ring (bicyclic) bond motifs is 1. The molecule has 0 aliphatic carbocycles. The molecule has 0 aliphatic rings. The molecule has 0 bridgehead atoms. The van der Waals surface area contributed by atoms with Crippen molar-refractivity contribution in [1.29, 1.82) is 0 Å². The second kappa shape index (κ2) is 5.92. The quantitative estimate of drug-likeness (QED) is 0.666. The maximum Gasteiger partial charge on any atom is 0.418 e. The molecule has 1 aromatic heterocycles. The van der Waals surface area contributed by atoms with Crippen LogP contribution in [0.5, 0.6) is 0 Å². The lowest BCUT2D eigenvalue weighted by Gasteiger charge is -2.19. The Bertz CT molecular complexity index is 826. The number of aromatic nitrogens is 1. The van der Waals surface area contributed by atoms with E-state index in [2.05, 4.69) is 24.3 Å². The molecule has 0 fully saturated rings. The maximum atomic E-state index is 12.3. The van der Waals surface area contributed by atoms with E-state index in [0.29, 0.717) is 0 Å². The van der Waals surface area contributed by atoms with Gasteiger partial charge in [-0.25, -0.2) is 4.79 Å². The van der Waals surface area contributed by atoms with Gasteiger partial charge in [0.25, 0.3) is 0 Å². The minimum atomic E-state index is -0.499. The van der Waals surface area contributed by atoms with Crippen LogP contribution in [0.25, 0.3) is 10.9 Å². The number of ether oxygens (including phenoxy) is 1. The Morgan fingerprint density at radius 2 is 1.74 bits per heavy atom. The predicted molar refractivity (Wildman–Crippen MR) is 92.8 cm³/mol. The first-order chi connectivity index (χ1) is 10.9. The molecule has 0 aliphatic heterocycles. The van der Waals surface area contributed by atoms with E-state index >= 15 is 0 Å². The number of carbonyl (C=O) groups excluding carboxylic acids is 1. The van der Waals surface area contributed by atoms with E-state index < -0.39 is 5.60 Å². The van der Waals surface area contributed by atoms with E-state index in [-0.39, 0.29) is 6.09 Å². The Balaban J connectivity index is 1.87. The fraction of sp³-hybridized carbons (Fsp3) is 0.250. The molecular formula is C20H21NO2. The molecule has 3 heteroatoms. The van der Waals surface area contributed by atoms with Gasteiger partial charge in [-0.15, -0.1) is 0 Å². The van der Waals surface area contributed by atoms with E-state index in [1.54, 1.807) is 10.8 Å². The second-order valence-corrected chi connectivity index (χ2v) is 6.72. The van der Waals surface area contributed by atoms with Gasteiger partial charge in [-0.3, -0.25) is 4.57 Å². The Kier molecular flexibility index (Phi) is 3.95. The molecule has 0 N–H and O–H groups in total. The summed E-state index contributed by atoms with van der Waals surface area (Å²) in [4.78, 5) is 12.3. The molecule has 1 heterocycles. The molecule has 2 aromatic carbocycles. The lowest BCUT2D eigenvalue weighted by molar-refractivity contribution is 0.0544. The van der Waals surface area contributed by atoms with Gasteiger partial charge in [-0.1, -0.05) is 36.4 Å². The summed E-state index contributed by atoms with van der Waals surface area (Å²) in [6.45, 7) is 5.61. The zero-order valence-electron chi connectivity index (χ0n) is 13.7. The third kappa shape index (κ3) is 3.62. The van der Waals surface area contributed by atoms with Gasteiger partial charge in [0.05, 0.1) is 5.52 Å². The summed E-state index contributed by atoms with van der Waals surface area (Å²) in [6, 6.07) is 18.5. The van der Waals surface area contributed by atoms with Crippen molar-refractivity contribution < 1.29 is 9.53 Å². The Labute approximate surface area is 136 Å². The fourth-order valence-corrected chi connectivity index (χ4v) is 2.60. The van der Waals surface area contributed by atoms with Crippen LogP contribution in [0, 0.1) is 0 Å². The summed E-state index contributed by atoms with van der Waals surface area (Å²) in [5.41, 5.74) is 2.88. The molecule has 0 radical (unpaired) electrons. The highest BCUT2D eigenvalue weighted by atomic mass is 16.6. The number of carbonyl (C=O) groups is 1. The van der Waals surface area contributed by atoms with Gasteiger partial charge in [0.15, 0.2) is 0 Å². The third-order valence-corrected chi connectivity index (χ3v) is 3.60. The van der Waals surface area contributed by atoms with Crippen LogP contribution < -0.4 is 0 Å². The van der Waals surface area contributed by atoms with Crippen LogP contribution in [0.2, 0.25) is 0 Å². The number of nitrogens with zero attached hydrogens (tertiary/aromatic N) is 1. The van der Waals surface area contributed by atoms with Crippen LogP contribution in [0.3, 0.4) is 0 Å². The van der Waals surface area contributed by atoms with Crippen LogP contribution in [-0.2, 0) is 11.2 Å². The van der Waals surface area contributed by atoms with Gasteiger partial charge in [0.2, 0.25) is 0 Å². The largest absolute Gasteiger partial charge is 0.443 e. The molecule has 3 nitrogen and oxygen atoms in total. The molecule has 0 saturated heterocycles. The summed E-state index contributed by atoms with van der Waals surface area (Å²) in [6.07, 6.45) is 2.31. The standard InChI is InChI=1S/C20H21NO2/c1-20(2,3)23-19(22)21-12-11-17-14-16(9-10-18(17)21)13-15-7-5-4-6-8-15/h4-12,14H,13H2,1-3H3.